The molecule has 0 aliphatic rings. The van der Waals surface area contributed by atoms with E-state index in [1.54, 1.807) is 19.1 Å². The lowest BCUT2D eigenvalue weighted by Gasteiger charge is -2.14. The number of carbonyl (C=O) groups excluding carboxylic acids is 1. The zero-order valence-electron chi connectivity index (χ0n) is 19.4. The van der Waals surface area contributed by atoms with E-state index in [9.17, 15) is 13.2 Å². The molecular formula is C24H22Cl2N2O7S. The van der Waals surface area contributed by atoms with Gasteiger partial charge in [0.05, 0.1) is 32.1 Å². The maximum Gasteiger partial charge on any atom is 0.339 e. The number of hydrazone groups is 1. The van der Waals surface area contributed by atoms with E-state index in [1.165, 1.54) is 62.9 Å². The number of nitrogens with one attached hydrogen (secondary N) is 1. The molecule has 0 atom stereocenters. The summed E-state index contributed by atoms with van der Waals surface area (Å²) in [6, 6.07) is 13.1. The molecule has 3 aromatic rings. The Morgan fingerprint density at radius 3 is 2.31 bits per heavy atom. The van der Waals surface area contributed by atoms with Gasteiger partial charge in [-0.15, -0.1) is 0 Å². The average Bonchev–Trinajstić information content (AvgIpc) is 2.86. The Balaban J connectivity index is 1.80. The van der Waals surface area contributed by atoms with Crippen LogP contribution in [-0.2, 0) is 10.1 Å². The van der Waals surface area contributed by atoms with Gasteiger partial charge in [0, 0.05) is 10.6 Å². The number of benzene rings is 3. The monoisotopic (exact) mass is 552 g/mol. The molecule has 0 radical (unpaired) electrons. The summed E-state index contributed by atoms with van der Waals surface area (Å²) in [6.45, 7) is 1.93. The van der Waals surface area contributed by atoms with Crippen LogP contribution in [0.3, 0.4) is 0 Å². The Labute approximate surface area is 218 Å². The number of halogens is 2. The van der Waals surface area contributed by atoms with E-state index in [0.717, 1.165) is 0 Å². The van der Waals surface area contributed by atoms with Crippen LogP contribution in [0.25, 0.3) is 0 Å². The highest BCUT2D eigenvalue weighted by atomic mass is 35.5. The third kappa shape index (κ3) is 6.60. The van der Waals surface area contributed by atoms with Gasteiger partial charge in [0.2, 0.25) is 5.75 Å². The number of methoxy groups -OCH3 is 2. The van der Waals surface area contributed by atoms with Gasteiger partial charge in [-0.05, 0) is 67.1 Å². The standard InChI is InChI=1S/C24H22Cl2N2O7S/c1-4-34-22-12-15(14-27-28-24(29)16-5-10-20(32-2)21(13-16)33-3)11-19(26)23(22)35-36(30,31)18-8-6-17(25)7-9-18/h5-14H,4H2,1-3H3,(H,28,29)/b27-14+. The summed E-state index contributed by atoms with van der Waals surface area (Å²) < 4.78 is 46.6. The van der Waals surface area contributed by atoms with Gasteiger partial charge in [0.1, 0.15) is 4.90 Å². The summed E-state index contributed by atoms with van der Waals surface area (Å²) >= 11 is 12.1. The molecule has 0 bridgehead atoms. The van der Waals surface area contributed by atoms with Crippen LogP contribution < -0.4 is 23.8 Å². The fraction of sp³-hybridized carbons (Fsp3) is 0.167. The Bertz CT molecular complexity index is 1380. The van der Waals surface area contributed by atoms with Crippen molar-refractivity contribution >= 4 is 45.4 Å². The van der Waals surface area contributed by atoms with Crippen LogP contribution in [0.5, 0.6) is 23.0 Å². The van der Waals surface area contributed by atoms with Crippen molar-refractivity contribution in [2.24, 2.45) is 5.10 Å². The van der Waals surface area contributed by atoms with Crippen molar-refractivity contribution < 1.29 is 31.6 Å². The molecule has 0 fully saturated rings. The van der Waals surface area contributed by atoms with Crippen molar-refractivity contribution in [2.75, 3.05) is 20.8 Å². The molecule has 12 heteroatoms. The van der Waals surface area contributed by atoms with Crippen molar-refractivity contribution in [2.45, 2.75) is 11.8 Å². The Hall–Kier alpha value is -3.47. The number of nitrogens with zero attached hydrogens (tertiary/aromatic N) is 1. The minimum absolute atomic E-state index is 0.0360. The van der Waals surface area contributed by atoms with Gasteiger partial charge >= 0.3 is 10.1 Å². The van der Waals surface area contributed by atoms with E-state index in [-0.39, 0.29) is 28.0 Å². The molecule has 0 saturated carbocycles. The predicted octanol–water partition coefficient (Wildman–Crippen LogP) is 4.94. The number of carbonyl (C=O) groups is 1. The quantitative estimate of drug-likeness (QED) is 0.215. The molecule has 9 nitrogen and oxygen atoms in total. The highest BCUT2D eigenvalue weighted by Gasteiger charge is 2.22. The molecule has 3 aromatic carbocycles. The molecular weight excluding hydrogens is 531 g/mol. The van der Waals surface area contributed by atoms with E-state index >= 15 is 0 Å². The van der Waals surface area contributed by atoms with E-state index in [2.05, 4.69) is 10.5 Å². The molecule has 0 unspecified atom stereocenters. The maximum atomic E-state index is 12.7. The van der Waals surface area contributed by atoms with Crippen LogP contribution in [0, 0.1) is 0 Å². The molecule has 0 aliphatic heterocycles. The first-order chi connectivity index (χ1) is 17.2. The molecule has 3 rings (SSSR count). The minimum atomic E-state index is -4.21. The van der Waals surface area contributed by atoms with E-state index in [4.69, 9.17) is 41.6 Å². The van der Waals surface area contributed by atoms with E-state index < -0.39 is 16.0 Å². The Kier molecular flexibility index (Phi) is 9.03. The first kappa shape index (κ1) is 27.1. The van der Waals surface area contributed by atoms with E-state index in [1.807, 2.05) is 0 Å². The minimum Gasteiger partial charge on any atom is -0.493 e. The maximum absolute atomic E-state index is 12.7. The van der Waals surface area contributed by atoms with Crippen molar-refractivity contribution in [3.05, 3.63) is 75.8 Å². The second-order valence-electron chi connectivity index (χ2n) is 7.02. The fourth-order valence-electron chi connectivity index (χ4n) is 2.97. The summed E-state index contributed by atoms with van der Waals surface area (Å²) in [5.74, 6) is 0.287. The fourth-order valence-corrected chi connectivity index (χ4v) is 4.36. The molecule has 190 valence electrons. The molecule has 36 heavy (non-hydrogen) atoms. The molecule has 0 aromatic heterocycles. The summed E-state index contributed by atoms with van der Waals surface area (Å²) in [5.41, 5.74) is 3.12. The van der Waals surface area contributed by atoms with Gasteiger partial charge in [-0.3, -0.25) is 4.79 Å². The average molecular weight is 553 g/mol. The van der Waals surface area contributed by atoms with Gasteiger partial charge < -0.3 is 18.4 Å². The third-order valence-corrected chi connectivity index (χ3v) is 6.42. The lowest BCUT2D eigenvalue weighted by Crippen LogP contribution is -2.17. The summed E-state index contributed by atoms with van der Waals surface area (Å²) in [7, 11) is -1.25. The first-order valence-corrected chi connectivity index (χ1v) is 12.6. The molecule has 0 saturated heterocycles. The zero-order valence-corrected chi connectivity index (χ0v) is 21.8. The normalized spacial score (nSPS) is 11.2. The Morgan fingerprint density at radius 2 is 1.67 bits per heavy atom. The van der Waals surface area contributed by atoms with Gasteiger partial charge in [-0.2, -0.15) is 13.5 Å². The smallest absolute Gasteiger partial charge is 0.339 e. The lowest BCUT2D eigenvalue weighted by molar-refractivity contribution is 0.0954. The molecule has 1 amide bonds. The van der Waals surface area contributed by atoms with Crippen LogP contribution in [0.15, 0.2) is 64.6 Å². The SMILES string of the molecule is CCOc1cc(/C=N/NC(=O)c2ccc(OC)c(OC)c2)cc(Cl)c1OS(=O)(=O)c1ccc(Cl)cc1. The van der Waals surface area contributed by atoms with Crippen LogP contribution in [0.4, 0.5) is 0 Å². The van der Waals surface area contributed by atoms with Crippen LogP contribution in [-0.4, -0.2) is 41.4 Å². The molecule has 0 spiro atoms. The molecule has 0 heterocycles. The van der Waals surface area contributed by atoms with Gasteiger partial charge in [-0.1, -0.05) is 23.2 Å². The predicted molar refractivity (Wildman–Crippen MR) is 136 cm³/mol. The van der Waals surface area contributed by atoms with Crippen LogP contribution in [0.1, 0.15) is 22.8 Å². The third-order valence-electron chi connectivity index (χ3n) is 4.65. The van der Waals surface area contributed by atoms with Crippen molar-refractivity contribution in [1.82, 2.24) is 5.43 Å². The van der Waals surface area contributed by atoms with Gasteiger partial charge in [0.25, 0.3) is 5.91 Å². The Morgan fingerprint density at radius 1 is 0.972 bits per heavy atom. The highest BCUT2D eigenvalue weighted by Crippen LogP contribution is 2.38. The molecule has 1 N–H and O–H groups in total. The summed E-state index contributed by atoms with van der Waals surface area (Å²) in [6.07, 6.45) is 1.32. The van der Waals surface area contributed by atoms with Crippen molar-refractivity contribution in [3.8, 4) is 23.0 Å². The van der Waals surface area contributed by atoms with Crippen LogP contribution >= 0.6 is 23.2 Å². The van der Waals surface area contributed by atoms with E-state index in [0.29, 0.717) is 27.6 Å². The number of ether oxygens (including phenoxy) is 3. The van der Waals surface area contributed by atoms with Crippen molar-refractivity contribution in [1.29, 1.82) is 0 Å². The van der Waals surface area contributed by atoms with Crippen LogP contribution in [0.2, 0.25) is 10.0 Å². The number of rotatable bonds is 10. The van der Waals surface area contributed by atoms with Gasteiger partial charge in [-0.25, -0.2) is 5.43 Å². The number of hydrogen-bond acceptors (Lipinski definition) is 8. The number of hydrogen-bond donors (Lipinski definition) is 1. The topological polar surface area (TPSA) is 113 Å². The highest BCUT2D eigenvalue weighted by molar-refractivity contribution is 7.87. The van der Waals surface area contributed by atoms with Gasteiger partial charge in [0.15, 0.2) is 17.2 Å². The summed E-state index contributed by atoms with van der Waals surface area (Å²) in [5, 5.41) is 4.28. The zero-order chi connectivity index (χ0) is 26.3. The lowest BCUT2D eigenvalue weighted by atomic mass is 10.2. The first-order valence-electron chi connectivity index (χ1n) is 10.4. The number of amides is 1. The second kappa shape index (κ2) is 12.0. The largest absolute Gasteiger partial charge is 0.493 e. The second-order valence-corrected chi connectivity index (χ2v) is 9.41. The van der Waals surface area contributed by atoms with Crippen molar-refractivity contribution in [3.63, 3.8) is 0 Å². The molecule has 0 aliphatic carbocycles. The summed E-state index contributed by atoms with van der Waals surface area (Å²) in [4.78, 5) is 12.3.